The first-order valence-electron chi connectivity index (χ1n) is 8.30. The maximum Gasteiger partial charge on any atom is 0.327 e. The molecule has 0 saturated carbocycles. The quantitative estimate of drug-likeness (QED) is 0.608. The first-order valence-corrected chi connectivity index (χ1v) is 9.50. The van der Waals surface area contributed by atoms with E-state index in [1.165, 1.54) is 16.2 Å². The summed E-state index contributed by atoms with van der Waals surface area (Å²) >= 11 is 7.68. The largest absolute Gasteiger partial charge is 0.497 e. The van der Waals surface area contributed by atoms with Crippen molar-refractivity contribution in [1.29, 1.82) is 0 Å². The Kier molecular flexibility index (Phi) is 4.72. The summed E-state index contributed by atoms with van der Waals surface area (Å²) in [6, 6.07) is 10.7. The second-order valence-electron chi connectivity index (χ2n) is 6.19. The molecular weight excluding hydrogens is 386 g/mol. The third kappa shape index (κ3) is 3.48. The zero-order valence-electron chi connectivity index (χ0n) is 14.5. The molecule has 3 heterocycles. The molecule has 6 nitrogen and oxygen atoms in total. The lowest BCUT2D eigenvalue weighted by Crippen LogP contribution is -2.32. The van der Waals surface area contributed by atoms with Crippen LogP contribution < -0.4 is 4.74 Å². The molecule has 27 heavy (non-hydrogen) atoms. The Morgan fingerprint density at radius 3 is 2.67 bits per heavy atom. The van der Waals surface area contributed by atoms with Gasteiger partial charge in [0, 0.05) is 11.1 Å². The Morgan fingerprint density at radius 1 is 1.19 bits per heavy atom. The second kappa shape index (κ2) is 7.17. The lowest BCUT2D eigenvalue weighted by Gasteiger charge is -2.16. The van der Waals surface area contributed by atoms with Crippen molar-refractivity contribution in [2.75, 3.05) is 13.7 Å². The molecule has 0 bridgehead atoms. The number of methoxy groups -OCH3 is 1. The normalized spacial score (nSPS) is 14.4. The molecule has 1 aromatic carbocycles. The van der Waals surface area contributed by atoms with Gasteiger partial charge < -0.3 is 9.64 Å². The molecule has 2 aromatic heterocycles. The van der Waals surface area contributed by atoms with Gasteiger partial charge in [0.2, 0.25) is 0 Å². The van der Waals surface area contributed by atoms with Crippen LogP contribution in [0, 0.1) is 0 Å². The summed E-state index contributed by atoms with van der Waals surface area (Å²) in [5.41, 5.74) is 1.67. The van der Waals surface area contributed by atoms with Gasteiger partial charge in [0.15, 0.2) is 0 Å². The molecule has 1 saturated heterocycles. The number of hydrogen-bond donors (Lipinski definition) is 0. The highest BCUT2D eigenvalue weighted by Gasteiger charge is 2.36. The van der Waals surface area contributed by atoms with Crippen LogP contribution in [0.3, 0.4) is 0 Å². The van der Waals surface area contributed by atoms with E-state index in [9.17, 15) is 9.59 Å². The van der Waals surface area contributed by atoms with Crippen LogP contribution >= 0.6 is 22.9 Å². The van der Waals surface area contributed by atoms with Gasteiger partial charge in [0.1, 0.15) is 12.3 Å². The average Bonchev–Trinajstić information content (AvgIpc) is 3.19. The number of urea groups is 1. The van der Waals surface area contributed by atoms with Crippen LogP contribution in [0.25, 0.3) is 10.2 Å². The van der Waals surface area contributed by atoms with Crippen molar-refractivity contribution < 1.29 is 14.3 Å². The predicted molar refractivity (Wildman–Crippen MR) is 104 cm³/mol. The van der Waals surface area contributed by atoms with Crippen molar-refractivity contribution in [3.63, 3.8) is 0 Å². The fourth-order valence-electron chi connectivity index (χ4n) is 3.01. The van der Waals surface area contributed by atoms with E-state index in [1.807, 2.05) is 30.3 Å². The van der Waals surface area contributed by atoms with Gasteiger partial charge in [-0.15, -0.1) is 11.3 Å². The topological polar surface area (TPSA) is 62.7 Å². The van der Waals surface area contributed by atoms with Gasteiger partial charge in [-0.2, -0.15) is 0 Å². The Balaban J connectivity index is 1.49. The summed E-state index contributed by atoms with van der Waals surface area (Å²) in [4.78, 5) is 33.1. The molecule has 1 fully saturated rings. The number of rotatable bonds is 5. The minimum absolute atomic E-state index is 0.0738. The molecule has 3 aromatic rings. The van der Waals surface area contributed by atoms with Crippen LogP contribution in [0.1, 0.15) is 10.4 Å². The Bertz CT molecular complexity index is 1020. The third-order valence-corrected chi connectivity index (χ3v) is 5.96. The number of fused-ring (bicyclic) bond motifs is 1. The van der Waals surface area contributed by atoms with Crippen LogP contribution in [0.4, 0.5) is 4.79 Å². The molecule has 0 unspecified atom stereocenters. The van der Waals surface area contributed by atoms with Gasteiger partial charge in [-0.25, -0.2) is 4.79 Å². The van der Waals surface area contributed by atoms with Gasteiger partial charge in [-0.3, -0.25) is 14.7 Å². The van der Waals surface area contributed by atoms with E-state index in [0.29, 0.717) is 11.6 Å². The number of aromatic nitrogens is 1. The monoisotopic (exact) mass is 401 g/mol. The number of ether oxygens (including phenoxy) is 1. The maximum atomic E-state index is 12.7. The van der Waals surface area contributed by atoms with Gasteiger partial charge in [0.05, 0.1) is 35.4 Å². The van der Waals surface area contributed by atoms with E-state index in [4.69, 9.17) is 16.3 Å². The highest BCUT2D eigenvalue weighted by Crippen LogP contribution is 2.31. The first-order chi connectivity index (χ1) is 13.0. The second-order valence-corrected chi connectivity index (χ2v) is 7.73. The van der Waals surface area contributed by atoms with Gasteiger partial charge in [-0.1, -0.05) is 23.7 Å². The summed E-state index contributed by atoms with van der Waals surface area (Å²) < 4.78 is 6.02. The Hall–Kier alpha value is -2.64. The SMILES string of the molecule is COc1ccc(CN2C(=O)CN(Cc3cc4nccc(Cl)c4s3)C2=O)cc1. The molecule has 0 N–H and O–H groups in total. The number of carbonyl (C=O) groups excluding carboxylic acids is 2. The minimum Gasteiger partial charge on any atom is -0.497 e. The number of imide groups is 1. The van der Waals surface area contributed by atoms with E-state index in [1.54, 1.807) is 24.3 Å². The van der Waals surface area contributed by atoms with Crippen molar-refractivity contribution in [2.24, 2.45) is 0 Å². The summed E-state index contributed by atoms with van der Waals surface area (Å²) in [5, 5.41) is 0.640. The molecule has 1 aliphatic rings. The zero-order chi connectivity index (χ0) is 19.0. The maximum absolute atomic E-state index is 12.7. The van der Waals surface area contributed by atoms with E-state index < -0.39 is 0 Å². The van der Waals surface area contributed by atoms with E-state index >= 15 is 0 Å². The molecular formula is C19H16ClN3O3S. The molecule has 138 valence electrons. The summed E-state index contributed by atoms with van der Waals surface area (Å²) in [6.07, 6.45) is 1.66. The average molecular weight is 402 g/mol. The summed E-state index contributed by atoms with van der Waals surface area (Å²) in [5.74, 6) is 0.532. The standard InChI is InChI=1S/C19H16ClN3O3S/c1-26-13-4-2-12(3-5-13)9-23-17(24)11-22(19(23)25)10-14-8-16-18(27-14)15(20)6-7-21-16/h2-8H,9-11H2,1H3. The molecule has 1 aliphatic heterocycles. The first kappa shape index (κ1) is 17.8. The van der Waals surface area contributed by atoms with Crippen molar-refractivity contribution in [3.8, 4) is 5.75 Å². The number of pyridine rings is 1. The molecule has 0 radical (unpaired) electrons. The molecule has 0 spiro atoms. The fourth-order valence-corrected chi connectivity index (χ4v) is 4.31. The number of halogens is 1. The number of thiophene rings is 1. The van der Waals surface area contributed by atoms with E-state index in [0.717, 1.165) is 26.4 Å². The Labute approximate surface area is 164 Å². The number of benzene rings is 1. The molecule has 3 amide bonds. The highest BCUT2D eigenvalue weighted by atomic mass is 35.5. The lowest BCUT2D eigenvalue weighted by atomic mass is 10.2. The van der Waals surface area contributed by atoms with Crippen LogP contribution in [-0.4, -0.2) is 40.4 Å². The van der Waals surface area contributed by atoms with E-state index in [2.05, 4.69) is 4.98 Å². The fraction of sp³-hybridized carbons (Fsp3) is 0.211. The zero-order valence-corrected chi connectivity index (χ0v) is 16.1. The van der Waals surface area contributed by atoms with Crippen molar-refractivity contribution >= 4 is 45.1 Å². The van der Waals surface area contributed by atoms with Crippen LogP contribution in [0.5, 0.6) is 5.75 Å². The minimum atomic E-state index is -0.285. The number of nitrogens with zero attached hydrogens (tertiary/aromatic N) is 3. The van der Waals surface area contributed by atoms with Gasteiger partial charge in [0.25, 0.3) is 5.91 Å². The number of carbonyl (C=O) groups is 2. The van der Waals surface area contributed by atoms with Crippen LogP contribution in [-0.2, 0) is 17.9 Å². The Morgan fingerprint density at radius 2 is 1.96 bits per heavy atom. The predicted octanol–water partition coefficient (Wildman–Crippen LogP) is 3.92. The summed E-state index contributed by atoms with van der Waals surface area (Å²) in [6.45, 7) is 0.684. The molecule has 0 aliphatic carbocycles. The molecule has 0 atom stereocenters. The van der Waals surface area contributed by atoms with Crippen molar-refractivity contribution in [1.82, 2.24) is 14.8 Å². The highest BCUT2D eigenvalue weighted by molar-refractivity contribution is 7.19. The van der Waals surface area contributed by atoms with E-state index in [-0.39, 0.29) is 25.0 Å². The molecule has 4 rings (SSSR count). The summed E-state index contributed by atoms with van der Waals surface area (Å²) in [7, 11) is 1.59. The van der Waals surface area contributed by atoms with Gasteiger partial charge in [-0.05, 0) is 29.8 Å². The number of amides is 3. The van der Waals surface area contributed by atoms with Crippen molar-refractivity contribution in [2.45, 2.75) is 13.1 Å². The van der Waals surface area contributed by atoms with Crippen molar-refractivity contribution in [3.05, 3.63) is 58.1 Å². The van der Waals surface area contributed by atoms with Crippen LogP contribution in [0.2, 0.25) is 5.02 Å². The smallest absolute Gasteiger partial charge is 0.327 e. The van der Waals surface area contributed by atoms with Crippen LogP contribution in [0.15, 0.2) is 42.6 Å². The molecule has 8 heteroatoms. The lowest BCUT2D eigenvalue weighted by molar-refractivity contribution is -0.125. The number of hydrogen-bond acceptors (Lipinski definition) is 5. The third-order valence-electron chi connectivity index (χ3n) is 4.39. The van der Waals surface area contributed by atoms with Gasteiger partial charge >= 0.3 is 6.03 Å².